The number of anilines is 1. The lowest BCUT2D eigenvalue weighted by atomic mass is 10.1. The van der Waals surface area contributed by atoms with Crippen molar-refractivity contribution < 1.29 is 4.39 Å². The lowest BCUT2D eigenvalue weighted by Crippen LogP contribution is -2.44. The monoisotopic (exact) mass is 308 g/mol. The number of likely N-dealkylation sites (N-methyl/N-ethyl adjacent to an activating group) is 1. The van der Waals surface area contributed by atoms with Crippen LogP contribution in [0.25, 0.3) is 0 Å². The number of aromatic nitrogens is 2. The fourth-order valence-electron chi connectivity index (χ4n) is 2.12. The first-order chi connectivity index (χ1) is 11.0. The third kappa shape index (κ3) is 3.22. The normalized spacial score (nSPS) is 16.3. The highest BCUT2D eigenvalue weighted by Gasteiger charge is 2.31. The molecule has 4 nitrogen and oxygen atoms in total. The Bertz CT molecular complexity index is 783. The van der Waals surface area contributed by atoms with Gasteiger partial charge < -0.3 is 0 Å². The molecular formula is C18H17FN4. The van der Waals surface area contributed by atoms with Crippen molar-refractivity contribution in [2.75, 3.05) is 12.1 Å². The fraction of sp³-hybridized carbons (Fsp3) is 0.222. The minimum atomic E-state index is -0.269. The summed E-state index contributed by atoms with van der Waals surface area (Å²) in [5.41, 5.74) is 1.40. The molecule has 0 amide bonds. The van der Waals surface area contributed by atoms with Crippen molar-refractivity contribution in [1.82, 2.24) is 15.0 Å². The predicted octanol–water partition coefficient (Wildman–Crippen LogP) is 2.97. The maximum absolute atomic E-state index is 12.8. The van der Waals surface area contributed by atoms with Crippen LogP contribution < -0.4 is 5.01 Å². The SMILES string of the molecule is CN1N(c2ncc(C#Cc3ccc(F)cc3)cn2)C=CC1(C)C. The van der Waals surface area contributed by atoms with Gasteiger partial charge in [0.25, 0.3) is 0 Å². The summed E-state index contributed by atoms with van der Waals surface area (Å²) in [5, 5.41) is 3.96. The van der Waals surface area contributed by atoms with Gasteiger partial charge in [-0.2, -0.15) is 0 Å². The Morgan fingerprint density at radius 1 is 1.00 bits per heavy atom. The van der Waals surface area contributed by atoms with Crippen molar-refractivity contribution in [1.29, 1.82) is 0 Å². The standard InChI is InChI=1S/C18H17FN4/c1-18(2)10-11-23(22(18)3)17-20-12-15(13-21-17)5-4-14-6-8-16(19)9-7-14/h6-13H,1-3H3. The van der Waals surface area contributed by atoms with Crippen LogP contribution in [-0.4, -0.2) is 27.6 Å². The van der Waals surface area contributed by atoms with Gasteiger partial charge in [-0.25, -0.2) is 24.4 Å². The van der Waals surface area contributed by atoms with Crippen LogP contribution in [0.15, 0.2) is 48.9 Å². The molecule has 116 valence electrons. The van der Waals surface area contributed by atoms with E-state index in [2.05, 4.69) is 46.7 Å². The third-order valence-electron chi connectivity index (χ3n) is 3.82. The summed E-state index contributed by atoms with van der Waals surface area (Å²) < 4.78 is 12.8. The average Bonchev–Trinajstić information content (AvgIpc) is 2.81. The second kappa shape index (κ2) is 5.82. The zero-order valence-electron chi connectivity index (χ0n) is 13.3. The van der Waals surface area contributed by atoms with Gasteiger partial charge in [-0.15, -0.1) is 0 Å². The Morgan fingerprint density at radius 2 is 1.61 bits per heavy atom. The Morgan fingerprint density at radius 3 is 2.17 bits per heavy atom. The molecule has 1 aliphatic rings. The van der Waals surface area contributed by atoms with E-state index in [-0.39, 0.29) is 11.4 Å². The molecule has 0 spiro atoms. The second-order valence-corrected chi connectivity index (χ2v) is 5.87. The molecule has 0 N–H and O–H groups in total. The van der Waals surface area contributed by atoms with Gasteiger partial charge in [0.2, 0.25) is 5.95 Å². The summed E-state index contributed by atoms with van der Waals surface area (Å²) in [4.78, 5) is 8.72. The molecule has 0 aliphatic carbocycles. The maximum Gasteiger partial charge on any atom is 0.244 e. The topological polar surface area (TPSA) is 32.3 Å². The third-order valence-corrected chi connectivity index (χ3v) is 3.82. The van der Waals surface area contributed by atoms with E-state index in [1.165, 1.54) is 12.1 Å². The van der Waals surface area contributed by atoms with Gasteiger partial charge in [0, 0.05) is 31.2 Å². The Kier molecular flexibility index (Phi) is 3.85. The van der Waals surface area contributed by atoms with E-state index < -0.39 is 0 Å². The summed E-state index contributed by atoms with van der Waals surface area (Å²) in [5.74, 6) is 6.27. The van der Waals surface area contributed by atoms with Crippen molar-refractivity contribution in [3.8, 4) is 11.8 Å². The fourth-order valence-corrected chi connectivity index (χ4v) is 2.12. The molecule has 0 atom stereocenters. The quantitative estimate of drug-likeness (QED) is 0.758. The largest absolute Gasteiger partial charge is 0.248 e. The number of hydrazine groups is 1. The van der Waals surface area contributed by atoms with Crippen LogP contribution in [0.4, 0.5) is 10.3 Å². The summed E-state index contributed by atoms with van der Waals surface area (Å²) in [6.45, 7) is 4.23. The number of halogens is 1. The first-order valence-electron chi connectivity index (χ1n) is 7.28. The Labute approximate surface area is 135 Å². The van der Waals surface area contributed by atoms with Gasteiger partial charge in [0.15, 0.2) is 0 Å². The molecule has 1 aromatic carbocycles. The summed E-state index contributed by atoms with van der Waals surface area (Å²) in [7, 11) is 1.99. The Balaban J connectivity index is 1.76. The molecule has 23 heavy (non-hydrogen) atoms. The zero-order valence-corrected chi connectivity index (χ0v) is 13.3. The number of rotatable bonds is 1. The highest BCUT2D eigenvalue weighted by atomic mass is 19.1. The summed E-state index contributed by atoms with van der Waals surface area (Å²) >= 11 is 0. The predicted molar refractivity (Wildman–Crippen MR) is 87.9 cm³/mol. The smallest absolute Gasteiger partial charge is 0.244 e. The number of hydrogen-bond donors (Lipinski definition) is 0. The van der Waals surface area contributed by atoms with Gasteiger partial charge in [0.05, 0.1) is 11.1 Å². The molecule has 1 aromatic heterocycles. The van der Waals surface area contributed by atoms with Crippen LogP contribution in [0.5, 0.6) is 0 Å². The van der Waals surface area contributed by atoms with Crippen LogP contribution in [-0.2, 0) is 0 Å². The van der Waals surface area contributed by atoms with Crippen molar-refractivity contribution in [3.63, 3.8) is 0 Å². The van der Waals surface area contributed by atoms with E-state index >= 15 is 0 Å². The van der Waals surface area contributed by atoms with E-state index in [4.69, 9.17) is 0 Å². The van der Waals surface area contributed by atoms with Crippen LogP contribution in [0.1, 0.15) is 25.0 Å². The molecule has 0 saturated heterocycles. The lowest BCUT2D eigenvalue weighted by molar-refractivity contribution is 0.223. The van der Waals surface area contributed by atoms with Crippen LogP contribution in [0.3, 0.4) is 0 Å². The minimum Gasteiger partial charge on any atom is -0.248 e. The van der Waals surface area contributed by atoms with Crippen molar-refractivity contribution in [3.05, 3.63) is 65.9 Å². The van der Waals surface area contributed by atoms with E-state index in [9.17, 15) is 4.39 Å². The second-order valence-electron chi connectivity index (χ2n) is 5.87. The number of hydrogen-bond acceptors (Lipinski definition) is 4. The van der Waals surface area contributed by atoms with Gasteiger partial charge in [-0.1, -0.05) is 11.8 Å². The zero-order chi connectivity index (χ0) is 16.4. The minimum absolute atomic E-state index is 0.0651. The molecule has 0 radical (unpaired) electrons. The van der Waals surface area contributed by atoms with Crippen LogP contribution >= 0.6 is 0 Å². The first kappa shape index (κ1) is 15.2. The van der Waals surface area contributed by atoms with E-state index in [0.29, 0.717) is 11.5 Å². The van der Waals surface area contributed by atoms with E-state index in [0.717, 1.165) is 5.56 Å². The van der Waals surface area contributed by atoms with E-state index in [1.54, 1.807) is 24.5 Å². The van der Waals surface area contributed by atoms with Gasteiger partial charge in [-0.05, 0) is 44.2 Å². The van der Waals surface area contributed by atoms with Gasteiger partial charge in [-0.3, -0.25) is 0 Å². The highest BCUT2D eigenvalue weighted by Crippen LogP contribution is 2.26. The average molecular weight is 308 g/mol. The first-order valence-corrected chi connectivity index (χ1v) is 7.28. The molecule has 0 saturated carbocycles. The van der Waals surface area contributed by atoms with Crippen LogP contribution in [0, 0.1) is 17.7 Å². The molecule has 2 aromatic rings. The van der Waals surface area contributed by atoms with Crippen molar-refractivity contribution >= 4 is 5.95 Å². The van der Waals surface area contributed by atoms with Crippen molar-refractivity contribution in [2.24, 2.45) is 0 Å². The number of nitrogens with zero attached hydrogens (tertiary/aromatic N) is 4. The molecule has 0 bridgehead atoms. The molecular weight excluding hydrogens is 291 g/mol. The van der Waals surface area contributed by atoms with Crippen LogP contribution in [0.2, 0.25) is 0 Å². The molecule has 3 rings (SSSR count). The molecule has 5 heteroatoms. The summed E-state index contributed by atoms with van der Waals surface area (Å²) in [6.07, 6.45) is 7.43. The highest BCUT2D eigenvalue weighted by molar-refractivity contribution is 5.43. The molecule has 1 aliphatic heterocycles. The molecule has 2 heterocycles. The lowest BCUT2D eigenvalue weighted by Gasteiger charge is -2.33. The van der Waals surface area contributed by atoms with Gasteiger partial charge in [0.1, 0.15) is 5.82 Å². The van der Waals surface area contributed by atoms with E-state index in [1.807, 2.05) is 18.3 Å². The number of benzene rings is 1. The van der Waals surface area contributed by atoms with Crippen molar-refractivity contribution in [2.45, 2.75) is 19.4 Å². The Hall–Kier alpha value is -2.71. The maximum atomic E-state index is 12.8. The molecule has 0 unspecified atom stereocenters. The van der Waals surface area contributed by atoms with Gasteiger partial charge >= 0.3 is 0 Å². The summed E-state index contributed by atoms with van der Waals surface area (Å²) in [6, 6.07) is 6.06. The molecule has 0 fully saturated rings.